The summed E-state index contributed by atoms with van der Waals surface area (Å²) in [4.78, 5) is 1.04. The van der Waals surface area contributed by atoms with Crippen LogP contribution in [0, 0.1) is 0 Å². The quantitative estimate of drug-likeness (QED) is 0.837. The highest BCUT2D eigenvalue weighted by Gasteiger charge is 2.27. The lowest BCUT2D eigenvalue weighted by Crippen LogP contribution is -1.92. The van der Waals surface area contributed by atoms with Gasteiger partial charge in [0.2, 0.25) is 9.84 Å². The van der Waals surface area contributed by atoms with Gasteiger partial charge in [-0.15, -0.1) is 10.2 Å². The molecule has 0 atom stereocenters. The van der Waals surface area contributed by atoms with Crippen molar-refractivity contribution in [1.82, 2.24) is 14.8 Å². The van der Waals surface area contributed by atoms with Gasteiger partial charge in [-0.3, -0.25) is 0 Å². The fourth-order valence-corrected chi connectivity index (χ4v) is 4.42. The molecule has 0 spiro atoms. The first-order valence-corrected chi connectivity index (χ1v) is 7.52. The molecule has 5 nitrogen and oxygen atoms in total. The lowest BCUT2D eigenvalue weighted by molar-refractivity contribution is 0.605. The number of thioether (sulfide) groups is 1. The second-order valence-electron chi connectivity index (χ2n) is 3.85. The Balaban J connectivity index is 2.08. The number of benzene rings is 1. The Morgan fingerprint density at radius 2 is 2.06 bits per heavy atom. The maximum absolute atomic E-state index is 11.9. The molecule has 0 radical (unpaired) electrons. The summed E-state index contributed by atoms with van der Waals surface area (Å²) in [5.74, 6) is 0. The monoisotopic (exact) mass is 279 g/mol. The van der Waals surface area contributed by atoms with E-state index in [4.69, 9.17) is 0 Å². The zero-order valence-corrected chi connectivity index (χ0v) is 11.1. The van der Waals surface area contributed by atoms with Crippen molar-refractivity contribution in [1.29, 1.82) is 0 Å². The lowest BCUT2D eigenvalue weighted by atomic mass is 10.2. The van der Waals surface area contributed by atoms with Gasteiger partial charge in [0.15, 0.2) is 5.16 Å². The van der Waals surface area contributed by atoms with Gasteiger partial charge < -0.3 is 4.57 Å². The Hall–Kier alpha value is -1.60. The molecule has 1 aromatic heterocycles. The fraction of sp³-hybridized carbons (Fsp3) is 0.0909. The van der Waals surface area contributed by atoms with Gasteiger partial charge in [-0.25, -0.2) is 8.42 Å². The van der Waals surface area contributed by atoms with Gasteiger partial charge in [-0.1, -0.05) is 18.2 Å². The molecule has 1 aromatic carbocycles. The molecule has 3 rings (SSSR count). The van der Waals surface area contributed by atoms with Gasteiger partial charge in [0.25, 0.3) is 0 Å². The summed E-state index contributed by atoms with van der Waals surface area (Å²) in [6.07, 6.45) is 1.58. The number of rotatable bonds is 2. The number of nitrogens with zero attached hydrogens (tertiary/aromatic N) is 3. The zero-order valence-electron chi connectivity index (χ0n) is 9.44. The van der Waals surface area contributed by atoms with Crippen molar-refractivity contribution in [3.8, 4) is 0 Å². The molecular formula is C11H9N3O2S2. The first-order valence-electron chi connectivity index (χ1n) is 5.16. The van der Waals surface area contributed by atoms with Crippen LogP contribution in [0.1, 0.15) is 5.56 Å². The van der Waals surface area contributed by atoms with Crippen LogP contribution in [0.4, 0.5) is 0 Å². The maximum Gasteiger partial charge on any atom is 0.201 e. The molecule has 0 unspecified atom stereocenters. The highest BCUT2D eigenvalue weighted by Crippen LogP contribution is 2.42. The zero-order chi connectivity index (χ0) is 12.8. The smallest absolute Gasteiger partial charge is 0.201 e. The van der Waals surface area contributed by atoms with E-state index in [2.05, 4.69) is 10.2 Å². The maximum atomic E-state index is 11.9. The summed E-state index contributed by atoms with van der Waals surface area (Å²) >= 11 is 1.30. The molecular weight excluding hydrogens is 270 g/mol. The number of fused-ring (bicyclic) bond motifs is 1. The minimum atomic E-state index is -3.31. The summed E-state index contributed by atoms with van der Waals surface area (Å²) in [6.45, 7) is 0. The standard InChI is InChI=1S/C11H9N3O2S2/c1-14-7-12-13-11(14)17-9-6-18(15,16)10-5-3-2-4-8(9)10/h2-7H,1H3. The average Bonchev–Trinajstić information content (AvgIpc) is 2.84. The number of sulfone groups is 1. The van der Waals surface area contributed by atoms with Crippen LogP contribution >= 0.6 is 11.8 Å². The fourth-order valence-electron chi connectivity index (χ4n) is 1.73. The van der Waals surface area contributed by atoms with Crippen LogP contribution in [-0.4, -0.2) is 23.2 Å². The number of hydrogen-bond acceptors (Lipinski definition) is 5. The normalized spacial score (nSPS) is 16.4. The molecule has 0 amide bonds. The Kier molecular flexibility index (Phi) is 2.53. The van der Waals surface area contributed by atoms with Gasteiger partial charge in [-0.2, -0.15) is 0 Å². The van der Waals surface area contributed by atoms with Crippen LogP contribution in [0.2, 0.25) is 0 Å². The highest BCUT2D eigenvalue weighted by atomic mass is 32.2. The number of aryl methyl sites for hydroxylation is 1. The lowest BCUT2D eigenvalue weighted by Gasteiger charge is -2.02. The third-order valence-corrected chi connectivity index (χ3v) is 5.37. The predicted octanol–water partition coefficient (Wildman–Crippen LogP) is 1.69. The van der Waals surface area contributed by atoms with Crippen LogP contribution in [0.15, 0.2) is 46.1 Å². The summed E-state index contributed by atoms with van der Waals surface area (Å²) in [7, 11) is -1.49. The van der Waals surface area contributed by atoms with Crippen LogP contribution in [0.25, 0.3) is 4.91 Å². The Morgan fingerprint density at radius 1 is 1.28 bits per heavy atom. The van der Waals surface area contributed by atoms with Crippen molar-refractivity contribution in [3.05, 3.63) is 41.6 Å². The van der Waals surface area contributed by atoms with E-state index in [1.54, 1.807) is 29.1 Å². The molecule has 0 aliphatic carbocycles. The van der Waals surface area contributed by atoms with Crippen LogP contribution in [0.3, 0.4) is 0 Å². The van der Waals surface area contributed by atoms with Gasteiger partial charge in [-0.05, 0) is 17.8 Å². The van der Waals surface area contributed by atoms with Gasteiger partial charge in [0.05, 0.1) is 10.3 Å². The molecule has 1 aliphatic rings. The van der Waals surface area contributed by atoms with Crippen LogP contribution in [0.5, 0.6) is 0 Å². The Morgan fingerprint density at radius 3 is 2.78 bits per heavy atom. The second-order valence-corrected chi connectivity index (χ2v) is 6.62. The molecule has 7 heteroatoms. The van der Waals surface area contributed by atoms with Gasteiger partial charge >= 0.3 is 0 Å². The predicted molar refractivity (Wildman–Crippen MR) is 68.5 cm³/mol. The molecule has 0 saturated carbocycles. The summed E-state index contributed by atoms with van der Waals surface area (Å²) < 4.78 is 25.6. The van der Waals surface area contributed by atoms with E-state index in [0.29, 0.717) is 15.0 Å². The summed E-state index contributed by atoms with van der Waals surface area (Å²) in [5, 5.41) is 9.66. The SMILES string of the molecule is Cn1cnnc1SC1=CS(=O)(=O)c2ccccc21. The average molecular weight is 279 g/mol. The Labute approximate surface area is 108 Å². The number of hydrogen-bond donors (Lipinski definition) is 0. The largest absolute Gasteiger partial charge is 0.311 e. The van der Waals surface area contributed by atoms with E-state index in [0.717, 1.165) is 5.56 Å². The first kappa shape index (κ1) is 11.5. The molecule has 2 aromatic rings. The molecule has 1 aliphatic heterocycles. The molecule has 92 valence electrons. The second kappa shape index (κ2) is 3.96. The highest BCUT2D eigenvalue weighted by molar-refractivity contribution is 8.09. The van der Waals surface area contributed by atoms with Crippen molar-refractivity contribution in [2.45, 2.75) is 10.1 Å². The van der Waals surface area contributed by atoms with Crippen molar-refractivity contribution >= 4 is 26.5 Å². The van der Waals surface area contributed by atoms with E-state index in [1.807, 2.05) is 13.1 Å². The molecule has 0 saturated heterocycles. The topological polar surface area (TPSA) is 64.8 Å². The van der Waals surface area contributed by atoms with Gasteiger partial charge in [0, 0.05) is 17.5 Å². The summed E-state index contributed by atoms with van der Waals surface area (Å²) in [6, 6.07) is 6.96. The van der Waals surface area contributed by atoms with E-state index in [-0.39, 0.29) is 0 Å². The van der Waals surface area contributed by atoms with E-state index in [1.165, 1.54) is 17.2 Å². The molecule has 0 fully saturated rings. The third-order valence-electron chi connectivity index (χ3n) is 2.59. The van der Waals surface area contributed by atoms with Crippen LogP contribution < -0.4 is 0 Å². The summed E-state index contributed by atoms with van der Waals surface area (Å²) in [5.41, 5.74) is 0.727. The van der Waals surface area contributed by atoms with Crippen LogP contribution in [-0.2, 0) is 16.9 Å². The van der Waals surface area contributed by atoms with Crippen molar-refractivity contribution in [3.63, 3.8) is 0 Å². The minimum absolute atomic E-state index is 0.356. The van der Waals surface area contributed by atoms with Crippen molar-refractivity contribution in [2.24, 2.45) is 7.05 Å². The van der Waals surface area contributed by atoms with E-state index in [9.17, 15) is 8.42 Å². The van der Waals surface area contributed by atoms with Gasteiger partial charge in [0.1, 0.15) is 6.33 Å². The Bertz CT molecular complexity index is 747. The third kappa shape index (κ3) is 1.75. The van der Waals surface area contributed by atoms with E-state index >= 15 is 0 Å². The molecule has 0 bridgehead atoms. The van der Waals surface area contributed by atoms with Crippen molar-refractivity contribution in [2.75, 3.05) is 0 Å². The number of aromatic nitrogens is 3. The minimum Gasteiger partial charge on any atom is -0.311 e. The van der Waals surface area contributed by atoms with Crippen molar-refractivity contribution < 1.29 is 8.42 Å². The molecule has 0 N–H and O–H groups in total. The first-order chi connectivity index (χ1) is 8.58. The molecule has 2 heterocycles. The van der Waals surface area contributed by atoms with E-state index < -0.39 is 9.84 Å². The molecule has 18 heavy (non-hydrogen) atoms.